The summed E-state index contributed by atoms with van der Waals surface area (Å²) in [4.78, 5) is 33.8. The Kier molecular flexibility index (Phi) is 3.87. The largest absolute Gasteiger partial charge is 0.358 e. The summed E-state index contributed by atoms with van der Waals surface area (Å²) in [6.07, 6.45) is 4.82. The number of imidazole rings is 1. The van der Waals surface area contributed by atoms with E-state index in [0.29, 0.717) is 28.5 Å². The van der Waals surface area contributed by atoms with Crippen LogP contribution in [-0.4, -0.2) is 33.9 Å². The van der Waals surface area contributed by atoms with Crippen LogP contribution in [0.5, 0.6) is 0 Å². The first kappa shape index (κ1) is 17.1. The summed E-state index contributed by atoms with van der Waals surface area (Å²) in [7, 11) is 0. The summed E-state index contributed by atoms with van der Waals surface area (Å²) >= 11 is 0. The van der Waals surface area contributed by atoms with Crippen LogP contribution in [-0.2, 0) is 0 Å². The van der Waals surface area contributed by atoms with Gasteiger partial charge in [0.05, 0.1) is 18.1 Å². The Morgan fingerprint density at radius 3 is 2.79 bits per heavy atom. The molecule has 1 atom stereocenters. The lowest BCUT2D eigenvalue weighted by molar-refractivity contribution is 0.695. The molecule has 0 bridgehead atoms. The number of rotatable bonds is 4. The fourth-order valence-electron chi connectivity index (χ4n) is 3.45. The molecule has 0 aliphatic heterocycles. The molecule has 1 aromatic carbocycles. The molecule has 0 radical (unpaired) electrons. The van der Waals surface area contributed by atoms with Crippen molar-refractivity contribution in [3.05, 3.63) is 77.1 Å². The molecule has 9 heteroatoms. The molecular formula is C20H18N8O. The molecular weight excluding hydrogens is 368 g/mol. The van der Waals surface area contributed by atoms with Gasteiger partial charge in [0.15, 0.2) is 11.5 Å². The van der Waals surface area contributed by atoms with Gasteiger partial charge < -0.3 is 10.3 Å². The summed E-state index contributed by atoms with van der Waals surface area (Å²) in [5.74, 6) is 1.18. The fourth-order valence-corrected chi connectivity index (χ4v) is 3.45. The zero-order chi connectivity index (χ0) is 20.0. The van der Waals surface area contributed by atoms with Crippen molar-refractivity contribution < 1.29 is 0 Å². The zero-order valence-corrected chi connectivity index (χ0v) is 15.9. The molecule has 0 fully saturated rings. The third kappa shape index (κ3) is 2.83. The number of hydrogen-bond donors (Lipinski definition) is 2. The second-order valence-corrected chi connectivity index (χ2v) is 6.86. The second-order valence-electron chi connectivity index (χ2n) is 6.86. The van der Waals surface area contributed by atoms with Gasteiger partial charge in [0, 0.05) is 6.20 Å². The Balaban J connectivity index is 1.68. The number of benzene rings is 1. The Hall–Kier alpha value is -4.01. The Bertz CT molecular complexity index is 1380. The average molecular weight is 386 g/mol. The maximum absolute atomic E-state index is 13.3. The van der Waals surface area contributed by atoms with E-state index < -0.39 is 0 Å². The monoisotopic (exact) mass is 386 g/mol. The van der Waals surface area contributed by atoms with Crippen molar-refractivity contribution >= 4 is 22.6 Å². The standard InChI is InChI=1S/C20H18N8O/c1-12-8-15-26-19(13(2)25-18-16-17(22-10-21-16)23-11-24-18)28(20(29)27(15)9-12)14-6-4-3-5-7-14/h3-11,13H,1-2H3,(H2,21,22,23,24,25). The molecule has 5 aromatic rings. The van der Waals surface area contributed by atoms with Crippen LogP contribution >= 0.6 is 0 Å². The summed E-state index contributed by atoms with van der Waals surface area (Å²) in [6, 6.07) is 11.1. The van der Waals surface area contributed by atoms with Crippen LogP contribution in [0.2, 0.25) is 0 Å². The lowest BCUT2D eigenvalue weighted by Gasteiger charge is -2.19. The van der Waals surface area contributed by atoms with E-state index in [1.807, 2.05) is 50.2 Å². The van der Waals surface area contributed by atoms with Crippen LogP contribution in [0.3, 0.4) is 0 Å². The van der Waals surface area contributed by atoms with Gasteiger partial charge in [0.2, 0.25) is 0 Å². The number of aromatic amines is 1. The number of hydrogen-bond acceptors (Lipinski definition) is 6. The van der Waals surface area contributed by atoms with E-state index in [2.05, 4.69) is 25.3 Å². The SMILES string of the molecule is Cc1cc2nc(C(C)Nc3ncnc4nc[nH]c34)n(-c3ccccc3)c(=O)n2c1. The number of nitrogens with zero attached hydrogens (tertiary/aromatic N) is 6. The van der Waals surface area contributed by atoms with Crippen molar-refractivity contribution in [3.63, 3.8) is 0 Å². The second kappa shape index (κ2) is 6.55. The smallest absolute Gasteiger partial charge is 0.339 e. The van der Waals surface area contributed by atoms with Crippen LogP contribution < -0.4 is 11.0 Å². The minimum atomic E-state index is -0.315. The summed E-state index contributed by atoms with van der Waals surface area (Å²) in [5.41, 5.74) is 3.43. The first-order valence-corrected chi connectivity index (χ1v) is 9.19. The number of aromatic nitrogens is 7. The molecule has 0 saturated carbocycles. The molecule has 5 rings (SSSR count). The fraction of sp³-hybridized carbons (Fsp3) is 0.150. The van der Waals surface area contributed by atoms with Gasteiger partial charge in [-0.05, 0) is 37.6 Å². The Morgan fingerprint density at radius 2 is 1.97 bits per heavy atom. The van der Waals surface area contributed by atoms with Gasteiger partial charge in [-0.15, -0.1) is 0 Å². The van der Waals surface area contributed by atoms with E-state index in [1.54, 1.807) is 21.5 Å². The van der Waals surface area contributed by atoms with Crippen LogP contribution in [0.25, 0.3) is 22.5 Å². The van der Waals surface area contributed by atoms with Crippen molar-refractivity contribution in [3.8, 4) is 5.69 Å². The van der Waals surface area contributed by atoms with E-state index in [0.717, 1.165) is 11.3 Å². The lowest BCUT2D eigenvalue weighted by atomic mass is 10.2. The molecule has 0 aliphatic carbocycles. The van der Waals surface area contributed by atoms with E-state index in [-0.39, 0.29) is 11.7 Å². The minimum absolute atomic E-state index is 0.174. The van der Waals surface area contributed by atoms with Gasteiger partial charge in [-0.2, -0.15) is 0 Å². The molecule has 4 heterocycles. The first-order chi connectivity index (χ1) is 14.1. The highest BCUT2D eigenvalue weighted by Crippen LogP contribution is 2.22. The van der Waals surface area contributed by atoms with Crippen molar-refractivity contribution in [1.29, 1.82) is 0 Å². The highest BCUT2D eigenvalue weighted by Gasteiger charge is 2.20. The topological polar surface area (TPSA) is 106 Å². The summed E-state index contributed by atoms with van der Waals surface area (Å²) in [6.45, 7) is 3.88. The Morgan fingerprint density at radius 1 is 1.14 bits per heavy atom. The molecule has 4 aromatic heterocycles. The quantitative estimate of drug-likeness (QED) is 0.492. The van der Waals surface area contributed by atoms with Crippen molar-refractivity contribution in [2.75, 3.05) is 5.32 Å². The number of H-pyrrole nitrogens is 1. The van der Waals surface area contributed by atoms with Crippen LogP contribution in [0, 0.1) is 6.92 Å². The van der Waals surface area contributed by atoms with Gasteiger partial charge in [0.1, 0.15) is 23.3 Å². The lowest BCUT2D eigenvalue weighted by Crippen LogP contribution is -2.31. The maximum atomic E-state index is 13.3. The molecule has 0 spiro atoms. The summed E-state index contributed by atoms with van der Waals surface area (Å²) in [5, 5.41) is 3.34. The maximum Gasteiger partial charge on any atom is 0.339 e. The number of anilines is 1. The third-order valence-electron chi connectivity index (χ3n) is 4.77. The van der Waals surface area contributed by atoms with Gasteiger partial charge in [-0.3, -0.25) is 4.40 Å². The minimum Gasteiger partial charge on any atom is -0.358 e. The first-order valence-electron chi connectivity index (χ1n) is 9.19. The normalized spacial score (nSPS) is 12.5. The molecule has 2 N–H and O–H groups in total. The van der Waals surface area contributed by atoms with Crippen molar-refractivity contribution in [2.24, 2.45) is 0 Å². The van der Waals surface area contributed by atoms with Crippen LogP contribution in [0.15, 0.2) is 60.0 Å². The van der Waals surface area contributed by atoms with Gasteiger partial charge in [0.25, 0.3) is 0 Å². The van der Waals surface area contributed by atoms with Gasteiger partial charge in [-0.25, -0.2) is 29.3 Å². The van der Waals surface area contributed by atoms with Gasteiger partial charge >= 0.3 is 5.69 Å². The number of aryl methyl sites for hydroxylation is 1. The van der Waals surface area contributed by atoms with Crippen LogP contribution in [0.4, 0.5) is 5.82 Å². The van der Waals surface area contributed by atoms with Crippen molar-refractivity contribution in [1.82, 2.24) is 33.9 Å². The van der Waals surface area contributed by atoms with E-state index >= 15 is 0 Å². The molecule has 29 heavy (non-hydrogen) atoms. The van der Waals surface area contributed by atoms with E-state index in [4.69, 9.17) is 4.98 Å². The number of para-hydroxylation sites is 1. The predicted molar refractivity (Wildman–Crippen MR) is 109 cm³/mol. The summed E-state index contributed by atoms with van der Waals surface area (Å²) < 4.78 is 3.19. The van der Waals surface area contributed by atoms with Gasteiger partial charge in [-0.1, -0.05) is 18.2 Å². The number of fused-ring (bicyclic) bond motifs is 2. The van der Waals surface area contributed by atoms with E-state index in [9.17, 15) is 4.79 Å². The average Bonchev–Trinajstić information content (AvgIpc) is 3.35. The molecule has 0 aliphatic rings. The molecule has 9 nitrogen and oxygen atoms in total. The zero-order valence-electron chi connectivity index (χ0n) is 15.9. The number of nitrogens with one attached hydrogen (secondary N) is 2. The third-order valence-corrected chi connectivity index (χ3v) is 4.77. The van der Waals surface area contributed by atoms with E-state index in [1.165, 1.54) is 6.33 Å². The van der Waals surface area contributed by atoms with Crippen LogP contribution in [0.1, 0.15) is 24.4 Å². The molecule has 1 unspecified atom stereocenters. The molecule has 144 valence electrons. The predicted octanol–water partition coefficient (Wildman–Crippen LogP) is 2.63. The molecule has 0 saturated heterocycles. The van der Waals surface area contributed by atoms with Crippen molar-refractivity contribution in [2.45, 2.75) is 19.9 Å². The Labute approximate surface area is 165 Å². The highest BCUT2D eigenvalue weighted by molar-refractivity contribution is 5.82. The molecule has 0 amide bonds. The highest BCUT2D eigenvalue weighted by atomic mass is 16.1.